The van der Waals surface area contributed by atoms with E-state index in [0.29, 0.717) is 5.56 Å². The number of nitrogens with two attached hydrogens (primary N) is 1. The Labute approximate surface area is 90.2 Å². The summed E-state index contributed by atoms with van der Waals surface area (Å²) in [5.41, 5.74) is 7.02. The molecule has 1 aromatic carbocycles. The Kier molecular flexibility index (Phi) is 3.35. The summed E-state index contributed by atoms with van der Waals surface area (Å²) < 4.78 is 18.7. The quantitative estimate of drug-likeness (QED) is 0.834. The molecule has 0 heterocycles. The fourth-order valence-corrected chi connectivity index (χ4v) is 1.54. The molecule has 0 saturated carbocycles. The van der Waals surface area contributed by atoms with E-state index in [1.807, 2.05) is 26.8 Å². The van der Waals surface area contributed by atoms with Gasteiger partial charge < -0.3 is 10.5 Å². The van der Waals surface area contributed by atoms with Crippen LogP contribution in [0.15, 0.2) is 12.1 Å². The highest BCUT2D eigenvalue weighted by Crippen LogP contribution is 2.31. The molecule has 2 nitrogen and oxygen atoms in total. The molecule has 0 aromatic heterocycles. The van der Waals surface area contributed by atoms with Gasteiger partial charge in [0.2, 0.25) is 0 Å². The number of halogens is 1. The molecule has 1 aromatic rings. The number of benzene rings is 1. The third kappa shape index (κ3) is 2.48. The minimum Gasteiger partial charge on any atom is -0.493 e. The minimum atomic E-state index is -0.600. The lowest BCUT2D eigenvalue weighted by Gasteiger charge is -2.23. The smallest absolute Gasteiger partial charge is 0.165 e. The number of aryl methyl sites for hydroxylation is 1. The zero-order chi connectivity index (χ0) is 11.6. The van der Waals surface area contributed by atoms with Crippen molar-refractivity contribution in [1.29, 1.82) is 0 Å². The van der Waals surface area contributed by atoms with E-state index in [9.17, 15) is 4.39 Å². The molecule has 3 heteroatoms. The molecule has 15 heavy (non-hydrogen) atoms. The fourth-order valence-electron chi connectivity index (χ4n) is 1.54. The van der Waals surface area contributed by atoms with Gasteiger partial charge in [0.05, 0.1) is 7.11 Å². The predicted molar refractivity (Wildman–Crippen MR) is 59.5 cm³/mol. The summed E-state index contributed by atoms with van der Waals surface area (Å²) in [5.74, 6) is -0.0925. The Morgan fingerprint density at radius 1 is 1.40 bits per heavy atom. The van der Waals surface area contributed by atoms with Crippen LogP contribution in [-0.4, -0.2) is 7.11 Å². The molecule has 0 radical (unpaired) electrons. The molecule has 0 aliphatic rings. The van der Waals surface area contributed by atoms with Crippen molar-refractivity contribution in [2.75, 3.05) is 7.11 Å². The van der Waals surface area contributed by atoms with E-state index in [-0.39, 0.29) is 11.6 Å². The highest BCUT2D eigenvalue weighted by Gasteiger charge is 2.22. The molecular weight excluding hydrogens is 193 g/mol. The first-order chi connectivity index (χ1) is 6.90. The Hall–Kier alpha value is -1.09. The van der Waals surface area contributed by atoms with E-state index in [2.05, 4.69) is 0 Å². The third-order valence-electron chi connectivity index (χ3n) is 2.41. The summed E-state index contributed by atoms with van der Waals surface area (Å²) in [4.78, 5) is 0. The van der Waals surface area contributed by atoms with Gasteiger partial charge in [0, 0.05) is 11.1 Å². The van der Waals surface area contributed by atoms with Crippen LogP contribution < -0.4 is 10.5 Å². The zero-order valence-electron chi connectivity index (χ0n) is 9.73. The Balaban J connectivity index is 3.39. The van der Waals surface area contributed by atoms with Gasteiger partial charge in [-0.25, -0.2) is 4.39 Å². The molecule has 0 fully saturated rings. The minimum absolute atomic E-state index is 0.250. The van der Waals surface area contributed by atoms with Crippen LogP contribution in [-0.2, 0) is 12.0 Å². The zero-order valence-corrected chi connectivity index (χ0v) is 9.73. The molecule has 0 amide bonds. The van der Waals surface area contributed by atoms with Crippen molar-refractivity contribution < 1.29 is 9.13 Å². The van der Waals surface area contributed by atoms with Crippen molar-refractivity contribution in [3.8, 4) is 5.75 Å². The van der Waals surface area contributed by atoms with E-state index in [0.717, 1.165) is 12.0 Å². The number of ether oxygens (including phenoxy) is 1. The van der Waals surface area contributed by atoms with Crippen molar-refractivity contribution in [1.82, 2.24) is 0 Å². The molecule has 0 bridgehead atoms. The first-order valence-electron chi connectivity index (χ1n) is 5.06. The molecule has 0 aliphatic carbocycles. The number of hydrogen-bond donors (Lipinski definition) is 1. The summed E-state index contributed by atoms with van der Waals surface area (Å²) in [5, 5.41) is 0. The van der Waals surface area contributed by atoms with Gasteiger partial charge in [-0.1, -0.05) is 13.0 Å². The van der Waals surface area contributed by atoms with Crippen LogP contribution in [0.1, 0.15) is 31.9 Å². The lowest BCUT2D eigenvalue weighted by Crippen LogP contribution is -2.29. The van der Waals surface area contributed by atoms with Gasteiger partial charge in [0.15, 0.2) is 11.6 Å². The summed E-state index contributed by atoms with van der Waals surface area (Å²) >= 11 is 0. The van der Waals surface area contributed by atoms with Crippen LogP contribution in [0.5, 0.6) is 5.75 Å². The predicted octanol–water partition coefficient (Wildman–Crippen LogP) is 2.59. The number of hydrogen-bond acceptors (Lipinski definition) is 2. The van der Waals surface area contributed by atoms with Crippen molar-refractivity contribution in [2.24, 2.45) is 5.73 Å². The van der Waals surface area contributed by atoms with Gasteiger partial charge in [0.1, 0.15) is 0 Å². The van der Waals surface area contributed by atoms with Gasteiger partial charge in [-0.2, -0.15) is 0 Å². The highest BCUT2D eigenvalue weighted by molar-refractivity contribution is 5.42. The van der Waals surface area contributed by atoms with Crippen molar-refractivity contribution in [2.45, 2.75) is 32.7 Å². The third-order valence-corrected chi connectivity index (χ3v) is 2.41. The molecule has 0 saturated heterocycles. The Morgan fingerprint density at radius 3 is 2.40 bits per heavy atom. The van der Waals surface area contributed by atoms with Gasteiger partial charge in [-0.05, 0) is 31.9 Å². The second-order valence-corrected chi connectivity index (χ2v) is 4.23. The van der Waals surface area contributed by atoms with E-state index < -0.39 is 5.54 Å². The standard InChI is InChI=1S/C12H18FNO/c1-5-8-6-9(12(2,3)14)11(15-4)10(13)7-8/h6-7H,5,14H2,1-4H3. The molecule has 0 unspecified atom stereocenters. The monoisotopic (exact) mass is 211 g/mol. The highest BCUT2D eigenvalue weighted by atomic mass is 19.1. The maximum Gasteiger partial charge on any atom is 0.165 e. The number of methoxy groups -OCH3 is 1. The summed E-state index contributed by atoms with van der Waals surface area (Å²) in [6, 6.07) is 3.40. The van der Waals surface area contributed by atoms with Crippen molar-refractivity contribution in [3.63, 3.8) is 0 Å². The van der Waals surface area contributed by atoms with Crippen LogP contribution in [0.4, 0.5) is 4.39 Å². The lowest BCUT2D eigenvalue weighted by molar-refractivity contribution is 0.367. The lowest BCUT2D eigenvalue weighted by atomic mass is 9.92. The normalized spacial score (nSPS) is 11.6. The van der Waals surface area contributed by atoms with Crippen molar-refractivity contribution >= 4 is 0 Å². The van der Waals surface area contributed by atoms with Gasteiger partial charge >= 0.3 is 0 Å². The van der Waals surface area contributed by atoms with Crippen LogP contribution >= 0.6 is 0 Å². The van der Waals surface area contributed by atoms with Gasteiger partial charge in [0.25, 0.3) is 0 Å². The Bertz CT molecular complexity index is 355. The van der Waals surface area contributed by atoms with Gasteiger partial charge in [-0.3, -0.25) is 0 Å². The average Bonchev–Trinajstić information content (AvgIpc) is 2.15. The SMILES string of the molecule is CCc1cc(F)c(OC)c(C(C)(C)N)c1. The van der Waals surface area contributed by atoms with Gasteiger partial charge in [-0.15, -0.1) is 0 Å². The number of rotatable bonds is 3. The van der Waals surface area contributed by atoms with Crippen molar-refractivity contribution in [3.05, 3.63) is 29.1 Å². The Morgan fingerprint density at radius 2 is 2.00 bits per heavy atom. The van der Waals surface area contributed by atoms with E-state index >= 15 is 0 Å². The van der Waals surface area contributed by atoms with Crippen LogP contribution in [0.25, 0.3) is 0 Å². The van der Waals surface area contributed by atoms with E-state index in [1.165, 1.54) is 13.2 Å². The van der Waals surface area contributed by atoms with Crippen LogP contribution in [0.2, 0.25) is 0 Å². The molecule has 1 rings (SSSR count). The summed E-state index contributed by atoms with van der Waals surface area (Å²) in [7, 11) is 1.46. The van der Waals surface area contributed by atoms with E-state index in [4.69, 9.17) is 10.5 Å². The molecule has 0 atom stereocenters. The summed E-state index contributed by atoms with van der Waals surface area (Å²) in [6.07, 6.45) is 0.782. The average molecular weight is 211 g/mol. The topological polar surface area (TPSA) is 35.2 Å². The molecular formula is C12H18FNO. The second-order valence-electron chi connectivity index (χ2n) is 4.23. The fraction of sp³-hybridized carbons (Fsp3) is 0.500. The first-order valence-corrected chi connectivity index (χ1v) is 5.06. The molecule has 0 spiro atoms. The summed E-state index contributed by atoms with van der Waals surface area (Å²) in [6.45, 7) is 5.65. The molecule has 84 valence electrons. The molecule has 2 N–H and O–H groups in total. The first kappa shape index (κ1) is 12.0. The van der Waals surface area contributed by atoms with Crippen LogP contribution in [0.3, 0.4) is 0 Å². The largest absolute Gasteiger partial charge is 0.493 e. The maximum atomic E-state index is 13.6. The van der Waals surface area contributed by atoms with Crippen LogP contribution in [0, 0.1) is 5.82 Å². The maximum absolute atomic E-state index is 13.6. The van der Waals surface area contributed by atoms with E-state index in [1.54, 1.807) is 0 Å². The second kappa shape index (κ2) is 4.19. The molecule has 0 aliphatic heterocycles.